The standard InChI is InChI=1S/C22H21N3O6S/c1-12-19(21(27)29-3)13(2)23-20(12)22(28)31-11-18(26)25-15(16-6-4-8-30-16)10-14(24-25)17-7-5-9-32-17/h4-9,15,23H,10-11H2,1-3H3. The zero-order chi connectivity index (χ0) is 22.8. The number of carbonyl (C=O) groups excluding carboxylic acids is 3. The van der Waals surface area contributed by atoms with E-state index in [0.29, 0.717) is 23.4 Å². The number of methoxy groups -OCH3 is 1. The Balaban J connectivity index is 1.50. The highest BCUT2D eigenvalue weighted by Gasteiger charge is 2.35. The molecule has 1 atom stereocenters. The Kier molecular flexibility index (Phi) is 5.95. The van der Waals surface area contributed by atoms with E-state index < -0.39 is 30.5 Å². The second kappa shape index (κ2) is 8.83. The normalized spacial score (nSPS) is 15.5. The number of thiophene rings is 1. The number of hydrogen-bond donors (Lipinski definition) is 1. The van der Waals surface area contributed by atoms with Crippen LogP contribution in [0.1, 0.15) is 55.2 Å². The van der Waals surface area contributed by atoms with Crippen LogP contribution >= 0.6 is 11.3 Å². The van der Waals surface area contributed by atoms with Crippen LogP contribution in [0.4, 0.5) is 0 Å². The van der Waals surface area contributed by atoms with E-state index in [9.17, 15) is 14.4 Å². The van der Waals surface area contributed by atoms with Crippen molar-refractivity contribution in [2.45, 2.75) is 26.3 Å². The molecule has 0 aliphatic carbocycles. The van der Waals surface area contributed by atoms with Gasteiger partial charge in [-0.1, -0.05) is 6.07 Å². The number of aromatic amines is 1. The zero-order valence-electron chi connectivity index (χ0n) is 17.7. The van der Waals surface area contributed by atoms with Gasteiger partial charge in [-0.3, -0.25) is 4.79 Å². The molecule has 1 aliphatic rings. The number of amides is 1. The summed E-state index contributed by atoms with van der Waals surface area (Å²) in [5.41, 5.74) is 2.02. The molecule has 0 bridgehead atoms. The molecule has 0 aromatic carbocycles. The Morgan fingerprint density at radius 1 is 1.25 bits per heavy atom. The van der Waals surface area contributed by atoms with E-state index in [0.717, 1.165) is 10.6 Å². The minimum atomic E-state index is -0.745. The SMILES string of the molecule is COC(=O)c1c(C)[nH]c(C(=O)OCC(=O)N2N=C(c3cccs3)CC2c2ccco2)c1C. The molecule has 0 radical (unpaired) electrons. The topological polar surface area (TPSA) is 114 Å². The summed E-state index contributed by atoms with van der Waals surface area (Å²) in [5, 5.41) is 7.72. The monoisotopic (exact) mass is 455 g/mol. The predicted octanol–water partition coefficient (Wildman–Crippen LogP) is 3.61. The van der Waals surface area contributed by atoms with Crippen LogP contribution in [0.3, 0.4) is 0 Å². The lowest BCUT2D eigenvalue weighted by Crippen LogP contribution is -2.31. The van der Waals surface area contributed by atoms with E-state index in [1.807, 2.05) is 17.5 Å². The van der Waals surface area contributed by atoms with Gasteiger partial charge in [-0.2, -0.15) is 5.10 Å². The Bertz CT molecular complexity index is 1180. The van der Waals surface area contributed by atoms with Crippen molar-refractivity contribution in [1.29, 1.82) is 0 Å². The second-order valence-corrected chi connectivity index (χ2v) is 8.14. The van der Waals surface area contributed by atoms with Crippen LogP contribution in [0.5, 0.6) is 0 Å². The van der Waals surface area contributed by atoms with Crippen molar-refractivity contribution < 1.29 is 28.3 Å². The molecule has 32 heavy (non-hydrogen) atoms. The molecular weight excluding hydrogens is 434 g/mol. The van der Waals surface area contributed by atoms with Gasteiger partial charge in [-0.25, -0.2) is 14.6 Å². The Morgan fingerprint density at radius 3 is 2.72 bits per heavy atom. The van der Waals surface area contributed by atoms with Crippen molar-refractivity contribution in [2.24, 2.45) is 5.10 Å². The molecule has 1 N–H and O–H groups in total. The number of esters is 2. The third-order valence-corrected chi connectivity index (χ3v) is 6.12. The number of hydrogen-bond acceptors (Lipinski definition) is 8. The molecule has 1 amide bonds. The van der Waals surface area contributed by atoms with Crippen molar-refractivity contribution in [3.05, 3.63) is 69.1 Å². The molecular formula is C22H21N3O6S. The summed E-state index contributed by atoms with van der Waals surface area (Å²) in [4.78, 5) is 41.3. The predicted molar refractivity (Wildman–Crippen MR) is 116 cm³/mol. The van der Waals surface area contributed by atoms with Gasteiger partial charge in [0.25, 0.3) is 5.91 Å². The summed E-state index contributed by atoms with van der Waals surface area (Å²) >= 11 is 1.53. The molecule has 166 valence electrons. The number of H-pyrrole nitrogens is 1. The molecule has 9 nitrogen and oxygen atoms in total. The summed E-state index contributed by atoms with van der Waals surface area (Å²) in [6.07, 6.45) is 2.03. The highest BCUT2D eigenvalue weighted by Crippen LogP contribution is 2.34. The lowest BCUT2D eigenvalue weighted by molar-refractivity contribution is -0.136. The quantitative estimate of drug-likeness (QED) is 0.568. The van der Waals surface area contributed by atoms with Crippen LogP contribution in [0.15, 0.2) is 45.4 Å². The van der Waals surface area contributed by atoms with Crippen LogP contribution in [0.2, 0.25) is 0 Å². The molecule has 0 saturated carbocycles. The van der Waals surface area contributed by atoms with Gasteiger partial charge < -0.3 is 18.9 Å². The van der Waals surface area contributed by atoms with Crippen molar-refractivity contribution in [2.75, 3.05) is 13.7 Å². The lowest BCUT2D eigenvalue weighted by atomic mass is 10.1. The van der Waals surface area contributed by atoms with E-state index in [1.165, 1.54) is 29.7 Å². The summed E-state index contributed by atoms with van der Waals surface area (Å²) in [6.45, 7) is 2.75. The largest absolute Gasteiger partial charge is 0.467 e. The third kappa shape index (κ3) is 3.96. The average molecular weight is 455 g/mol. The third-order valence-electron chi connectivity index (χ3n) is 5.20. The van der Waals surface area contributed by atoms with Crippen LogP contribution in [-0.4, -0.2) is 47.3 Å². The van der Waals surface area contributed by atoms with Crippen molar-refractivity contribution in [3.8, 4) is 0 Å². The molecule has 4 rings (SSSR count). The first-order chi connectivity index (χ1) is 15.4. The highest BCUT2D eigenvalue weighted by molar-refractivity contribution is 7.12. The number of rotatable bonds is 6. The van der Waals surface area contributed by atoms with Gasteiger partial charge in [0.2, 0.25) is 0 Å². The number of nitrogens with one attached hydrogen (secondary N) is 1. The van der Waals surface area contributed by atoms with E-state index in [1.54, 1.807) is 26.0 Å². The number of aromatic nitrogens is 1. The second-order valence-electron chi connectivity index (χ2n) is 7.19. The fraction of sp³-hybridized carbons (Fsp3) is 0.273. The summed E-state index contributed by atoms with van der Waals surface area (Å²) in [6, 6.07) is 6.96. The minimum absolute atomic E-state index is 0.0995. The Labute approximate surface area is 187 Å². The number of aryl methyl sites for hydroxylation is 1. The maximum atomic E-state index is 12.9. The first-order valence-corrected chi connectivity index (χ1v) is 10.7. The average Bonchev–Trinajstić information content (AvgIpc) is 3.57. The van der Waals surface area contributed by atoms with E-state index in [2.05, 4.69) is 10.1 Å². The molecule has 1 aliphatic heterocycles. The maximum absolute atomic E-state index is 12.9. The van der Waals surface area contributed by atoms with Gasteiger partial charge in [-0.15, -0.1) is 11.3 Å². The van der Waals surface area contributed by atoms with E-state index in [4.69, 9.17) is 13.9 Å². The molecule has 3 aromatic rings. The van der Waals surface area contributed by atoms with Crippen LogP contribution < -0.4 is 0 Å². The molecule has 4 heterocycles. The lowest BCUT2D eigenvalue weighted by Gasteiger charge is -2.19. The summed E-state index contributed by atoms with van der Waals surface area (Å²) in [5.74, 6) is -1.19. The summed E-state index contributed by atoms with van der Waals surface area (Å²) < 4.78 is 15.5. The van der Waals surface area contributed by atoms with Crippen LogP contribution in [0, 0.1) is 13.8 Å². The molecule has 0 saturated heterocycles. The van der Waals surface area contributed by atoms with Gasteiger partial charge in [-0.05, 0) is 43.0 Å². The van der Waals surface area contributed by atoms with Gasteiger partial charge in [0.1, 0.15) is 17.5 Å². The summed E-state index contributed by atoms with van der Waals surface area (Å²) in [7, 11) is 1.27. The number of ether oxygens (including phenoxy) is 2. The fourth-order valence-corrected chi connectivity index (χ4v) is 4.38. The van der Waals surface area contributed by atoms with Crippen molar-refractivity contribution >= 4 is 34.9 Å². The first-order valence-electron chi connectivity index (χ1n) is 9.82. The zero-order valence-corrected chi connectivity index (χ0v) is 18.5. The molecule has 3 aromatic heterocycles. The molecule has 10 heteroatoms. The van der Waals surface area contributed by atoms with Crippen LogP contribution in [-0.2, 0) is 14.3 Å². The number of carbonyl (C=O) groups is 3. The first kappa shape index (κ1) is 21.6. The Hall–Kier alpha value is -3.66. The van der Waals surface area contributed by atoms with E-state index in [-0.39, 0.29) is 11.3 Å². The number of furan rings is 1. The van der Waals surface area contributed by atoms with Gasteiger partial charge >= 0.3 is 11.9 Å². The minimum Gasteiger partial charge on any atom is -0.467 e. The fourth-order valence-electron chi connectivity index (χ4n) is 3.66. The van der Waals surface area contributed by atoms with Gasteiger partial charge in [0.05, 0.1) is 29.5 Å². The van der Waals surface area contributed by atoms with Gasteiger partial charge in [0, 0.05) is 12.1 Å². The number of nitrogens with zero attached hydrogens (tertiary/aromatic N) is 2. The van der Waals surface area contributed by atoms with E-state index >= 15 is 0 Å². The highest BCUT2D eigenvalue weighted by atomic mass is 32.1. The Morgan fingerprint density at radius 2 is 2.06 bits per heavy atom. The smallest absolute Gasteiger partial charge is 0.355 e. The van der Waals surface area contributed by atoms with Crippen LogP contribution in [0.25, 0.3) is 0 Å². The van der Waals surface area contributed by atoms with Crippen molar-refractivity contribution in [1.82, 2.24) is 9.99 Å². The van der Waals surface area contributed by atoms with Gasteiger partial charge in [0.15, 0.2) is 6.61 Å². The molecule has 0 fully saturated rings. The molecule has 1 unspecified atom stereocenters. The number of hydrazone groups is 1. The maximum Gasteiger partial charge on any atom is 0.355 e. The molecule has 0 spiro atoms. The van der Waals surface area contributed by atoms with Crippen molar-refractivity contribution in [3.63, 3.8) is 0 Å².